The standard InChI is InChI=1S/C14H13ClN2O5/c1-7-8-4-3-5-9(15)12(8)22-11(7)13(19)21-6-10(18)17-14(20)16-2/h3-5H,6H2,1-2H3,(H2,16,17,18,20). The van der Waals surface area contributed by atoms with Crippen molar-refractivity contribution in [1.29, 1.82) is 0 Å². The van der Waals surface area contributed by atoms with Gasteiger partial charge in [-0.3, -0.25) is 10.1 Å². The molecule has 0 spiro atoms. The fourth-order valence-electron chi connectivity index (χ4n) is 1.83. The van der Waals surface area contributed by atoms with Crippen LogP contribution in [0.5, 0.6) is 0 Å². The molecule has 2 N–H and O–H groups in total. The van der Waals surface area contributed by atoms with Gasteiger partial charge in [0.2, 0.25) is 5.76 Å². The van der Waals surface area contributed by atoms with E-state index in [0.29, 0.717) is 21.6 Å². The highest BCUT2D eigenvalue weighted by atomic mass is 35.5. The number of carbonyl (C=O) groups is 3. The molecule has 7 nitrogen and oxygen atoms in total. The molecule has 0 aliphatic heterocycles. The van der Waals surface area contributed by atoms with Gasteiger partial charge in [-0.2, -0.15) is 0 Å². The minimum atomic E-state index is -0.808. The van der Waals surface area contributed by atoms with Gasteiger partial charge < -0.3 is 14.5 Å². The van der Waals surface area contributed by atoms with E-state index in [1.54, 1.807) is 25.1 Å². The number of urea groups is 1. The molecule has 1 heterocycles. The molecule has 0 saturated carbocycles. The van der Waals surface area contributed by atoms with E-state index in [4.69, 9.17) is 20.8 Å². The number of nitrogens with one attached hydrogen (secondary N) is 2. The Hall–Kier alpha value is -2.54. The summed E-state index contributed by atoms with van der Waals surface area (Å²) < 4.78 is 10.2. The summed E-state index contributed by atoms with van der Waals surface area (Å²) in [6, 6.07) is 4.44. The van der Waals surface area contributed by atoms with Gasteiger partial charge in [0.1, 0.15) is 0 Å². The molecule has 0 atom stereocenters. The van der Waals surface area contributed by atoms with Gasteiger partial charge in [0.15, 0.2) is 12.2 Å². The predicted octanol–water partition coefficient (Wildman–Crippen LogP) is 2.01. The van der Waals surface area contributed by atoms with Crippen LogP contribution < -0.4 is 10.6 Å². The van der Waals surface area contributed by atoms with Crippen molar-refractivity contribution in [2.45, 2.75) is 6.92 Å². The molecule has 22 heavy (non-hydrogen) atoms. The Kier molecular flexibility index (Phi) is 4.67. The Balaban J connectivity index is 2.10. The van der Waals surface area contributed by atoms with Crippen molar-refractivity contribution in [3.8, 4) is 0 Å². The first kappa shape index (κ1) is 15.8. The number of para-hydroxylation sites is 1. The molecule has 0 unspecified atom stereocenters. The Bertz CT molecular complexity index is 753. The lowest BCUT2D eigenvalue weighted by Gasteiger charge is -2.04. The Labute approximate surface area is 130 Å². The maximum atomic E-state index is 12.0. The van der Waals surface area contributed by atoms with Gasteiger partial charge in [0.05, 0.1) is 5.02 Å². The molecule has 3 amide bonds. The number of esters is 1. The predicted molar refractivity (Wildman–Crippen MR) is 78.8 cm³/mol. The van der Waals surface area contributed by atoms with Gasteiger partial charge in [-0.15, -0.1) is 0 Å². The van der Waals surface area contributed by atoms with Gasteiger partial charge in [0, 0.05) is 18.0 Å². The summed E-state index contributed by atoms with van der Waals surface area (Å²) in [4.78, 5) is 34.3. The van der Waals surface area contributed by atoms with Crippen LogP contribution in [0.3, 0.4) is 0 Å². The lowest BCUT2D eigenvalue weighted by Crippen LogP contribution is -2.39. The van der Waals surface area contributed by atoms with Crippen molar-refractivity contribution in [2.75, 3.05) is 13.7 Å². The molecule has 0 fully saturated rings. The van der Waals surface area contributed by atoms with E-state index in [-0.39, 0.29) is 5.76 Å². The van der Waals surface area contributed by atoms with Crippen LogP contribution in [0.25, 0.3) is 11.0 Å². The second-order valence-corrected chi connectivity index (χ2v) is 4.78. The summed E-state index contributed by atoms with van der Waals surface area (Å²) in [5.74, 6) is -1.59. The number of hydrogen-bond acceptors (Lipinski definition) is 5. The van der Waals surface area contributed by atoms with Crippen LogP contribution in [-0.2, 0) is 9.53 Å². The van der Waals surface area contributed by atoms with E-state index in [2.05, 4.69) is 5.32 Å². The highest BCUT2D eigenvalue weighted by Crippen LogP contribution is 2.30. The summed E-state index contributed by atoms with van der Waals surface area (Å²) in [6.07, 6.45) is 0. The molecular formula is C14H13ClN2O5. The first-order valence-electron chi connectivity index (χ1n) is 6.30. The van der Waals surface area contributed by atoms with Crippen molar-refractivity contribution in [3.63, 3.8) is 0 Å². The third-order valence-corrected chi connectivity index (χ3v) is 3.21. The maximum Gasteiger partial charge on any atom is 0.375 e. The number of amides is 3. The number of furan rings is 1. The SMILES string of the molecule is CNC(=O)NC(=O)COC(=O)c1oc2c(Cl)cccc2c1C. The molecule has 0 aliphatic rings. The zero-order chi connectivity index (χ0) is 16.3. The summed E-state index contributed by atoms with van der Waals surface area (Å²) in [5, 5.41) is 5.23. The van der Waals surface area contributed by atoms with Crippen LogP contribution in [-0.4, -0.2) is 31.6 Å². The van der Waals surface area contributed by atoms with Crippen LogP contribution in [0.1, 0.15) is 16.1 Å². The zero-order valence-corrected chi connectivity index (χ0v) is 12.6. The zero-order valence-electron chi connectivity index (χ0n) is 11.9. The fourth-order valence-corrected chi connectivity index (χ4v) is 2.04. The number of benzene rings is 1. The van der Waals surface area contributed by atoms with E-state index in [1.807, 2.05) is 5.32 Å². The average molecular weight is 325 g/mol. The number of rotatable bonds is 3. The van der Waals surface area contributed by atoms with Crippen LogP contribution >= 0.6 is 11.6 Å². The smallest absolute Gasteiger partial charge is 0.375 e. The normalized spacial score (nSPS) is 10.3. The molecule has 1 aromatic heterocycles. The van der Waals surface area contributed by atoms with Crippen molar-refractivity contribution < 1.29 is 23.5 Å². The summed E-state index contributed by atoms with van der Waals surface area (Å²) >= 11 is 5.99. The average Bonchev–Trinajstić information content (AvgIpc) is 2.83. The van der Waals surface area contributed by atoms with E-state index in [1.165, 1.54) is 7.05 Å². The number of halogens is 1. The van der Waals surface area contributed by atoms with E-state index in [9.17, 15) is 14.4 Å². The van der Waals surface area contributed by atoms with Crippen LogP contribution in [0.15, 0.2) is 22.6 Å². The van der Waals surface area contributed by atoms with Gasteiger partial charge in [0.25, 0.3) is 5.91 Å². The summed E-state index contributed by atoms with van der Waals surface area (Å²) in [6.45, 7) is 1.08. The van der Waals surface area contributed by atoms with Crippen LogP contribution in [0.2, 0.25) is 5.02 Å². The molecule has 0 saturated heterocycles. The number of hydrogen-bond donors (Lipinski definition) is 2. The second-order valence-electron chi connectivity index (χ2n) is 4.38. The number of ether oxygens (including phenoxy) is 1. The lowest BCUT2D eigenvalue weighted by molar-refractivity contribution is -0.123. The Morgan fingerprint density at radius 3 is 2.68 bits per heavy atom. The minimum Gasteiger partial charge on any atom is -0.450 e. The van der Waals surface area contributed by atoms with Crippen LogP contribution in [0.4, 0.5) is 4.79 Å². The minimum absolute atomic E-state index is 0.0316. The molecule has 0 aliphatic carbocycles. The molecule has 116 valence electrons. The number of fused-ring (bicyclic) bond motifs is 1. The first-order valence-corrected chi connectivity index (χ1v) is 6.68. The highest BCUT2D eigenvalue weighted by molar-refractivity contribution is 6.35. The van der Waals surface area contributed by atoms with E-state index in [0.717, 1.165) is 0 Å². The third-order valence-electron chi connectivity index (χ3n) is 2.92. The third kappa shape index (κ3) is 3.20. The van der Waals surface area contributed by atoms with Crippen molar-refractivity contribution in [2.24, 2.45) is 0 Å². The molecule has 8 heteroatoms. The molecule has 2 rings (SSSR count). The van der Waals surface area contributed by atoms with Gasteiger partial charge in [-0.1, -0.05) is 23.7 Å². The largest absolute Gasteiger partial charge is 0.450 e. The van der Waals surface area contributed by atoms with Gasteiger partial charge in [-0.25, -0.2) is 9.59 Å². The van der Waals surface area contributed by atoms with E-state index >= 15 is 0 Å². The second kappa shape index (κ2) is 6.48. The van der Waals surface area contributed by atoms with Crippen LogP contribution in [0, 0.1) is 6.92 Å². The van der Waals surface area contributed by atoms with Crippen molar-refractivity contribution in [1.82, 2.24) is 10.6 Å². The first-order chi connectivity index (χ1) is 10.4. The highest BCUT2D eigenvalue weighted by Gasteiger charge is 2.21. The Morgan fingerprint density at radius 2 is 2.05 bits per heavy atom. The molecule has 2 aromatic rings. The molecule has 0 bridgehead atoms. The monoisotopic (exact) mass is 324 g/mol. The Morgan fingerprint density at radius 1 is 1.32 bits per heavy atom. The maximum absolute atomic E-state index is 12.0. The molecule has 0 radical (unpaired) electrons. The van der Waals surface area contributed by atoms with Gasteiger partial charge >= 0.3 is 12.0 Å². The summed E-state index contributed by atoms with van der Waals surface area (Å²) in [5.41, 5.74) is 0.942. The lowest BCUT2D eigenvalue weighted by atomic mass is 10.1. The number of carbonyl (C=O) groups excluding carboxylic acids is 3. The van der Waals surface area contributed by atoms with Gasteiger partial charge in [-0.05, 0) is 13.0 Å². The van der Waals surface area contributed by atoms with Crippen molar-refractivity contribution >= 4 is 40.5 Å². The molecular weight excluding hydrogens is 312 g/mol. The number of aryl methyl sites for hydroxylation is 1. The summed E-state index contributed by atoms with van der Waals surface area (Å²) in [7, 11) is 1.36. The molecule has 1 aromatic carbocycles. The topological polar surface area (TPSA) is 97.6 Å². The fraction of sp³-hybridized carbons (Fsp3) is 0.214. The van der Waals surface area contributed by atoms with E-state index < -0.39 is 24.5 Å². The number of imide groups is 1. The van der Waals surface area contributed by atoms with Crippen molar-refractivity contribution in [3.05, 3.63) is 34.5 Å². The quantitative estimate of drug-likeness (QED) is 0.842.